The van der Waals surface area contributed by atoms with Crippen LogP contribution in [0.25, 0.3) is 10.9 Å². The van der Waals surface area contributed by atoms with Gasteiger partial charge in [0.2, 0.25) is 5.95 Å². The van der Waals surface area contributed by atoms with Gasteiger partial charge in [-0.15, -0.1) is 0 Å². The summed E-state index contributed by atoms with van der Waals surface area (Å²) in [6.07, 6.45) is 0.849. The Labute approximate surface area is 245 Å². The maximum Gasteiger partial charge on any atom is 1.00 e. The Morgan fingerprint density at radius 3 is 2.14 bits per heavy atom. The van der Waals surface area contributed by atoms with Gasteiger partial charge in [-0.2, -0.15) is 4.98 Å². The van der Waals surface area contributed by atoms with Gasteiger partial charge in [0.25, 0.3) is 5.91 Å². The summed E-state index contributed by atoms with van der Waals surface area (Å²) in [6.45, 7) is 3.21. The molecule has 1 unspecified atom stereocenters. The quantitative estimate of drug-likeness (QED) is 0.192. The molecule has 0 aliphatic carbocycles. The molecule has 10 nitrogen and oxygen atoms in total. The van der Waals surface area contributed by atoms with E-state index in [0.717, 1.165) is 16.5 Å². The molecule has 0 bridgehead atoms. The number of anilines is 2. The number of amides is 1. The molecule has 2 aromatic carbocycles. The summed E-state index contributed by atoms with van der Waals surface area (Å²) in [5, 5.41) is 24.9. The maximum absolute atomic E-state index is 12.4. The second-order valence-electron chi connectivity index (χ2n) is 7.46. The van der Waals surface area contributed by atoms with Gasteiger partial charge in [0.05, 0.1) is 23.5 Å². The fourth-order valence-corrected chi connectivity index (χ4v) is 3.25. The van der Waals surface area contributed by atoms with E-state index in [1.165, 1.54) is 0 Å². The number of benzene rings is 2. The molecule has 35 heavy (non-hydrogen) atoms. The number of aromatic nitrogens is 2. The molecule has 1 aromatic heterocycles. The molecule has 0 saturated carbocycles. The second-order valence-corrected chi connectivity index (χ2v) is 7.46. The molecule has 1 heterocycles. The number of aryl methyl sites for hydroxylation is 2. The number of nitrogens with one attached hydrogen (secondary N) is 1. The number of aliphatic carboxylic acids is 2. The van der Waals surface area contributed by atoms with Crippen LogP contribution in [-0.2, 0) is 22.4 Å². The van der Waals surface area contributed by atoms with Crippen molar-refractivity contribution in [3.05, 3.63) is 71.3 Å². The van der Waals surface area contributed by atoms with E-state index in [9.17, 15) is 24.6 Å². The number of carbonyl (C=O) groups is 3. The monoisotopic (exact) mass is 493 g/mol. The fraction of sp³-hybridized carbons (Fsp3) is 0.174. The smallest absolute Gasteiger partial charge is 0.548 e. The summed E-state index contributed by atoms with van der Waals surface area (Å²) in [5.74, 6) is -3.46. The van der Waals surface area contributed by atoms with Crippen molar-refractivity contribution < 1.29 is 83.7 Å². The maximum atomic E-state index is 12.4. The predicted molar refractivity (Wildman–Crippen MR) is 117 cm³/mol. The van der Waals surface area contributed by atoms with Gasteiger partial charge in [-0.3, -0.25) is 4.79 Å². The summed E-state index contributed by atoms with van der Waals surface area (Å²) >= 11 is 0. The topological polar surface area (TPSA) is 187 Å². The molecular formula is C23H21N5Na2O5. The first-order valence-corrected chi connectivity index (χ1v) is 9.95. The minimum atomic E-state index is -1.62. The van der Waals surface area contributed by atoms with Crippen molar-refractivity contribution in [2.75, 3.05) is 11.5 Å². The number of nitrogens with zero attached hydrogens (tertiary/aromatic N) is 2. The van der Waals surface area contributed by atoms with Crippen molar-refractivity contribution in [3.8, 4) is 0 Å². The van der Waals surface area contributed by atoms with Crippen LogP contribution in [0.2, 0.25) is 0 Å². The zero-order valence-corrected chi connectivity index (χ0v) is 23.5. The van der Waals surface area contributed by atoms with Crippen molar-refractivity contribution in [1.82, 2.24) is 15.3 Å². The molecule has 1 atom stereocenters. The molecule has 0 fully saturated rings. The van der Waals surface area contributed by atoms with E-state index in [4.69, 9.17) is 11.5 Å². The average molecular weight is 493 g/mol. The molecule has 0 saturated heterocycles. The molecule has 3 aromatic rings. The molecule has 0 radical (unpaired) electrons. The van der Waals surface area contributed by atoms with Gasteiger partial charge in [0, 0.05) is 10.9 Å². The number of carbonyl (C=O) groups excluding carboxylic acids is 3. The van der Waals surface area contributed by atoms with Crippen LogP contribution in [0.3, 0.4) is 0 Å². The van der Waals surface area contributed by atoms with Crippen molar-refractivity contribution in [2.45, 2.75) is 25.3 Å². The van der Waals surface area contributed by atoms with E-state index < -0.39 is 35.9 Å². The zero-order valence-electron chi connectivity index (χ0n) is 19.5. The number of carboxylic acids is 2. The van der Waals surface area contributed by atoms with Crippen LogP contribution < -0.4 is 86.1 Å². The van der Waals surface area contributed by atoms with Gasteiger partial charge in [-0.05, 0) is 60.2 Å². The summed E-state index contributed by atoms with van der Waals surface area (Å²) in [7, 11) is 0. The summed E-state index contributed by atoms with van der Waals surface area (Å²) in [6, 6.07) is 10.7. The molecule has 5 N–H and O–H groups in total. The molecule has 12 heteroatoms. The molecule has 3 rings (SSSR count). The summed E-state index contributed by atoms with van der Waals surface area (Å²) in [4.78, 5) is 42.4. The Kier molecular flexibility index (Phi) is 11.9. The van der Waals surface area contributed by atoms with Crippen LogP contribution in [0.15, 0.2) is 54.6 Å². The van der Waals surface area contributed by atoms with E-state index in [-0.39, 0.29) is 70.6 Å². The molecule has 0 spiro atoms. The largest absolute Gasteiger partial charge is 1.00 e. The van der Waals surface area contributed by atoms with Crippen LogP contribution in [-0.4, -0.2) is 33.9 Å². The van der Waals surface area contributed by atoms with Gasteiger partial charge >= 0.3 is 59.1 Å². The SMILES string of the molecule is C=C(CC(NC(=O)c1ccc(CCc2ccc3nc(N)nc(N)c3c2)cc1)C(=O)[O-])C(=O)[O-].[Na+].[Na+]. The number of hydrogen-bond acceptors (Lipinski definition) is 9. The third-order valence-corrected chi connectivity index (χ3v) is 5.05. The van der Waals surface area contributed by atoms with Crippen molar-refractivity contribution >= 4 is 40.5 Å². The van der Waals surface area contributed by atoms with Crippen LogP contribution in [0.4, 0.5) is 11.8 Å². The Morgan fingerprint density at radius 2 is 1.54 bits per heavy atom. The molecule has 1 amide bonds. The average Bonchev–Trinajstić information content (AvgIpc) is 2.77. The van der Waals surface area contributed by atoms with Crippen LogP contribution in [0.5, 0.6) is 0 Å². The van der Waals surface area contributed by atoms with Crippen LogP contribution >= 0.6 is 0 Å². The standard InChI is InChI=1S/C23H23N5O5.2Na/c1-12(21(30)31)10-18(22(32)33)26-20(29)15-7-4-13(5-8-15)2-3-14-6-9-17-16(11-14)19(24)28-23(25)27-17;;/h4-9,11,18H,1-3,10H2,(H,26,29)(H,30,31)(H,32,33)(H4,24,25,27,28);;/q;2*+1/p-2. The van der Waals surface area contributed by atoms with Gasteiger partial charge in [-0.1, -0.05) is 24.8 Å². The molecular weight excluding hydrogens is 472 g/mol. The minimum absolute atomic E-state index is 0. The fourth-order valence-electron chi connectivity index (χ4n) is 3.25. The normalized spacial score (nSPS) is 11.0. The molecule has 0 aliphatic rings. The molecule has 0 aliphatic heterocycles. The minimum Gasteiger partial charge on any atom is -0.548 e. The number of nitrogens with two attached hydrogens (primary N) is 2. The van der Waals surface area contributed by atoms with Gasteiger partial charge < -0.3 is 36.6 Å². The number of rotatable bonds is 9. The Balaban J connectivity index is 0.00000306. The van der Waals surface area contributed by atoms with Crippen LogP contribution in [0, 0.1) is 0 Å². The summed E-state index contributed by atoms with van der Waals surface area (Å²) < 4.78 is 0. The Morgan fingerprint density at radius 1 is 0.943 bits per heavy atom. The first-order chi connectivity index (χ1) is 15.6. The summed E-state index contributed by atoms with van der Waals surface area (Å²) in [5.41, 5.74) is 13.9. The van der Waals surface area contributed by atoms with Crippen molar-refractivity contribution in [3.63, 3.8) is 0 Å². The van der Waals surface area contributed by atoms with Crippen LogP contribution in [0.1, 0.15) is 27.9 Å². The number of hydrogen-bond donors (Lipinski definition) is 3. The van der Waals surface area contributed by atoms with E-state index in [2.05, 4.69) is 21.9 Å². The van der Waals surface area contributed by atoms with E-state index in [0.29, 0.717) is 24.2 Å². The van der Waals surface area contributed by atoms with Crippen molar-refractivity contribution in [2.24, 2.45) is 0 Å². The zero-order chi connectivity index (χ0) is 24.1. The number of fused-ring (bicyclic) bond motifs is 1. The first kappa shape index (κ1) is 30.6. The Hall–Kier alpha value is -2.47. The number of carboxylic acid groups (broad SMARTS) is 2. The third kappa shape index (κ3) is 8.31. The predicted octanol–water partition coefficient (Wildman–Crippen LogP) is -6.87. The first-order valence-electron chi connectivity index (χ1n) is 9.95. The van der Waals surface area contributed by atoms with Crippen molar-refractivity contribution in [1.29, 1.82) is 0 Å². The second kappa shape index (κ2) is 13.6. The van der Waals surface area contributed by atoms with Gasteiger partial charge in [-0.25, -0.2) is 4.98 Å². The van der Waals surface area contributed by atoms with E-state index in [1.54, 1.807) is 24.3 Å². The van der Waals surface area contributed by atoms with Gasteiger partial charge in [0.1, 0.15) is 5.82 Å². The Bertz CT molecular complexity index is 1250. The van der Waals surface area contributed by atoms with E-state index in [1.807, 2.05) is 18.2 Å². The third-order valence-electron chi connectivity index (χ3n) is 5.05. The van der Waals surface area contributed by atoms with E-state index >= 15 is 0 Å². The number of nitrogen functional groups attached to an aromatic ring is 2. The molecule has 170 valence electrons. The van der Waals surface area contributed by atoms with Gasteiger partial charge in [0.15, 0.2) is 0 Å².